The number of halogens is 2. The average molecular weight is 437 g/mol. The van der Waals surface area contributed by atoms with Crippen molar-refractivity contribution < 1.29 is 9.59 Å². The fourth-order valence-corrected chi connectivity index (χ4v) is 4.40. The number of hydrogen-bond acceptors (Lipinski definition) is 4. The van der Waals surface area contributed by atoms with Crippen LogP contribution in [0.25, 0.3) is 0 Å². The van der Waals surface area contributed by atoms with Gasteiger partial charge in [0.1, 0.15) is 10.7 Å². The first-order valence-corrected chi connectivity index (χ1v) is 10.1. The van der Waals surface area contributed by atoms with Gasteiger partial charge in [-0.1, -0.05) is 30.1 Å². The third-order valence-corrected chi connectivity index (χ3v) is 5.82. The van der Waals surface area contributed by atoms with Crippen molar-refractivity contribution in [3.05, 3.63) is 62.2 Å². The Morgan fingerprint density at radius 3 is 2.39 bits per heavy atom. The van der Waals surface area contributed by atoms with E-state index in [1.165, 1.54) is 22.2 Å². The van der Waals surface area contributed by atoms with Crippen LogP contribution in [-0.4, -0.2) is 21.6 Å². The molecule has 0 radical (unpaired) electrons. The molecule has 0 atom stereocenters. The summed E-state index contributed by atoms with van der Waals surface area (Å²) < 4.78 is 1.40. The third kappa shape index (κ3) is 4.06. The van der Waals surface area contributed by atoms with Gasteiger partial charge in [-0.2, -0.15) is 5.10 Å². The van der Waals surface area contributed by atoms with Crippen molar-refractivity contribution in [1.29, 1.82) is 0 Å². The minimum Gasteiger partial charge on any atom is -0.322 e. The van der Waals surface area contributed by atoms with Gasteiger partial charge in [-0.3, -0.25) is 14.3 Å². The van der Waals surface area contributed by atoms with Gasteiger partial charge >= 0.3 is 0 Å². The van der Waals surface area contributed by atoms with Gasteiger partial charge in [-0.15, -0.1) is 11.3 Å². The van der Waals surface area contributed by atoms with E-state index in [1.54, 1.807) is 31.3 Å². The lowest BCUT2D eigenvalue weighted by Crippen LogP contribution is -2.20. The number of nitrogens with zero attached hydrogens (tertiary/aromatic N) is 2. The predicted octanol–water partition coefficient (Wildman–Crippen LogP) is 5.16. The molecule has 0 aliphatic rings. The molecular weight excluding hydrogens is 419 g/mol. The van der Waals surface area contributed by atoms with Crippen LogP contribution in [-0.2, 0) is 13.5 Å². The van der Waals surface area contributed by atoms with Crippen LogP contribution in [0.3, 0.4) is 0 Å². The van der Waals surface area contributed by atoms with Gasteiger partial charge in [-0.25, -0.2) is 0 Å². The van der Waals surface area contributed by atoms with E-state index in [9.17, 15) is 9.59 Å². The van der Waals surface area contributed by atoms with Gasteiger partial charge in [0, 0.05) is 22.6 Å². The fourth-order valence-electron chi connectivity index (χ4n) is 2.89. The summed E-state index contributed by atoms with van der Waals surface area (Å²) >= 11 is 13.3. The number of thiophene rings is 1. The number of amides is 2. The van der Waals surface area contributed by atoms with Crippen molar-refractivity contribution in [2.75, 3.05) is 10.6 Å². The summed E-state index contributed by atoms with van der Waals surface area (Å²) in [5.41, 5.74) is 2.19. The highest BCUT2D eigenvalue weighted by atomic mass is 35.5. The van der Waals surface area contributed by atoms with Gasteiger partial charge in [0.05, 0.1) is 16.8 Å². The van der Waals surface area contributed by atoms with Crippen molar-refractivity contribution in [3.63, 3.8) is 0 Å². The molecule has 3 rings (SSSR count). The van der Waals surface area contributed by atoms with Crippen LogP contribution in [0.15, 0.2) is 30.5 Å². The summed E-state index contributed by atoms with van der Waals surface area (Å²) in [6.07, 6.45) is 2.07. The first-order valence-electron chi connectivity index (χ1n) is 8.49. The molecule has 146 valence electrons. The number of carbonyl (C=O) groups is 2. The third-order valence-electron chi connectivity index (χ3n) is 4.23. The smallest absolute Gasteiger partial charge is 0.276 e. The molecule has 6 nitrogen and oxygen atoms in total. The second-order valence-electron chi connectivity index (χ2n) is 6.07. The lowest BCUT2D eigenvalue weighted by molar-refractivity contribution is 0.101. The largest absolute Gasteiger partial charge is 0.322 e. The Morgan fingerprint density at radius 2 is 1.82 bits per heavy atom. The number of aromatic nitrogens is 2. The quantitative estimate of drug-likeness (QED) is 0.579. The first-order chi connectivity index (χ1) is 13.3. The van der Waals surface area contributed by atoms with Crippen molar-refractivity contribution in [2.24, 2.45) is 7.05 Å². The van der Waals surface area contributed by atoms with Crippen molar-refractivity contribution in [2.45, 2.75) is 20.3 Å². The molecule has 0 aliphatic carbocycles. The molecule has 0 saturated carbocycles. The molecule has 0 unspecified atom stereocenters. The van der Waals surface area contributed by atoms with Crippen LogP contribution in [0.1, 0.15) is 38.2 Å². The van der Waals surface area contributed by atoms with Crippen molar-refractivity contribution >= 4 is 57.0 Å². The lowest BCUT2D eigenvalue weighted by Gasteiger charge is -2.10. The van der Waals surface area contributed by atoms with Gasteiger partial charge in [0.2, 0.25) is 0 Å². The number of hydrogen-bond donors (Lipinski definition) is 2. The first kappa shape index (κ1) is 20.4. The van der Waals surface area contributed by atoms with Crippen molar-refractivity contribution in [1.82, 2.24) is 9.78 Å². The van der Waals surface area contributed by atoms with Gasteiger partial charge in [-0.05, 0) is 43.2 Å². The van der Waals surface area contributed by atoms with Crippen LogP contribution < -0.4 is 10.6 Å². The summed E-state index contributed by atoms with van der Waals surface area (Å²) in [4.78, 5) is 26.7. The number of rotatable bonds is 5. The molecule has 0 aliphatic heterocycles. The number of nitrogens with one attached hydrogen (secondary N) is 2. The van der Waals surface area contributed by atoms with Gasteiger partial charge in [0.25, 0.3) is 11.8 Å². The maximum atomic E-state index is 13.0. The number of anilines is 2. The summed E-state index contributed by atoms with van der Waals surface area (Å²) in [6.45, 7) is 3.90. The predicted molar refractivity (Wildman–Crippen MR) is 114 cm³/mol. The number of benzene rings is 1. The molecule has 28 heavy (non-hydrogen) atoms. The fraction of sp³-hybridized carbons (Fsp3) is 0.211. The summed E-state index contributed by atoms with van der Waals surface area (Å²) in [5.74, 6) is -0.718. The Bertz CT molecular complexity index is 1020. The Hall–Kier alpha value is -2.35. The van der Waals surface area contributed by atoms with Gasteiger partial charge < -0.3 is 10.6 Å². The summed E-state index contributed by atoms with van der Waals surface area (Å²) in [6, 6.07) is 6.84. The standard InChI is InChI=1S/C19H18Cl2N4O2S/c1-4-13-10(2)28-19(24-18(27)16-14(21)9-22-25(16)3)15(13)17(26)23-12-7-5-11(20)6-8-12/h5-9H,4H2,1-3H3,(H,23,26)(H,24,27). The Morgan fingerprint density at radius 1 is 1.14 bits per heavy atom. The maximum absolute atomic E-state index is 13.0. The zero-order valence-corrected chi connectivity index (χ0v) is 17.8. The highest BCUT2D eigenvalue weighted by molar-refractivity contribution is 7.17. The van der Waals surface area contributed by atoms with E-state index in [1.807, 2.05) is 13.8 Å². The normalized spacial score (nSPS) is 10.8. The monoisotopic (exact) mass is 436 g/mol. The Balaban J connectivity index is 1.93. The second kappa shape index (κ2) is 8.34. The van der Waals surface area contributed by atoms with E-state index in [0.717, 1.165) is 10.4 Å². The van der Waals surface area contributed by atoms with E-state index >= 15 is 0 Å². The molecule has 3 aromatic rings. The van der Waals surface area contributed by atoms with Crippen LogP contribution in [0.5, 0.6) is 0 Å². The summed E-state index contributed by atoms with van der Waals surface area (Å²) in [7, 11) is 1.63. The van der Waals surface area contributed by atoms with E-state index in [4.69, 9.17) is 23.2 Å². The molecule has 0 fully saturated rings. The molecule has 2 N–H and O–H groups in total. The Kier molecular flexibility index (Phi) is 6.07. The summed E-state index contributed by atoms with van der Waals surface area (Å²) in [5, 5.41) is 11.0. The molecule has 2 aromatic heterocycles. The lowest BCUT2D eigenvalue weighted by atomic mass is 10.1. The second-order valence-corrected chi connectivity index (χ2v) is 8.14. The molecule has 2 heterocycles. The van der Waals surface area contributed by atoms with Crippen LogP contribution in [0.2, 0.25) is 10.0 Å². The molecule has 9 heteroatoms. The van der Waals surface area contributed by atoms with Gasteiger partial charge in [0.15, 0.2) is 0 Å². The van der Waals surface area contributed by atoms with Crippen LogP contribution >= 0.6 is 34.5 Å². The highest BCUT2D eigenvalue weighted by Gasteiger charge is 2.24. The molecule has 0 saturated heterocycles. The Labute approximate surface area is 176 Å². The number of aryl methyl sites for hydroxylation is 2. The van der Waals surface area contributed by atoms with Crippen molar-refractivity contribution in [3.8, 4) is 0 Å². The molecular formula is C19H18Cl2N4O2S. The topological polar surface area (TPSA) is 76.0 Å². The highest BCUT2D eigenvalue weighted by Crippen LogP contribution is 2.34. The van der Waals surface area contributed by atoms with E-state index in [-0.39, 0.29) is 16.6 Å². The average Bonchev–Trinajstić information content (AvgIpc) is 3.15. The zero-order chi connectivity index (χ0) is 20.4. The zero-order valence-electron chi connectivity index (χ0n) is 15.5. The number of carbonyl (C=O) groups excluding carboxylic acids is 2. The molecule has 0 spiro atoms. The minimum atomic E-state index is -0.422. The van der Waals surface area contributed by atoms with E-state index in [0.29, 0.717) is 27.7 Å². The van der Waals surface area contributed by atoms with Crippen LogP contribution in [0, 0.1) is 6.92 Å². The maximum Gasteiger partial charge on any atom is 0.276 e. The molecule has 2 amide bonds. The van der Waals surface area contributed by atoms with Crippen LogP contribution in [0.4, 0.5) is 10.7 Å². The minimum absolute atomic E-state index is 0.231. The SMILES string of the molecule is CCc1c(C)sc(NC(=O)c2c(Cl)cnn2C)c1C(=O)Nc1ccc(Cl)cc1. The van der Waals surface area contributed by atoms with E-state index < -0.39 is 5.91 Å². The molecule has 1 aromatic carbocycles. The molecule has 0 bridgehead atoms. The van der Waals surface area contributed by atoms with E-state index in [2.05, 4.69) is 15.7 Å².